The van der Waals surface area contributed by atoms with Gasteiger partial charge in [0, 0.05) is 32.7 Å². The van der Waals surface area contributed by atoms with Gasteiger partial charge in [-0.3, -0.25) is 14.6 Å². The molecule has 1 amide bonds. The number of rotatable bonds is 10. The Morgan fingerprint density at radius 2 is 1.52 bits per heavy atom. The van der Waals surface area contributed by atoms with Crippen molar-refractivity contribution in [2.45, 2.75) is 6.10 Å². The summed E-state index contributed by atoms with van der Waals surface area (Å²) in [6.45, 7) is 4.14. The Balaban J connectivity index is 1.37. The number of anilines is 1. The normalized spacial score (nSPS) is 15.8. The highest BCUT2D eigenvalue weighted by Crippen LogP contribution is 2.26. The monoisotopic (exact) mass is 429 g/mol. The molecule has 168 valence electrons. The predicted molar refractivity (Wildman–Crippen MR) is 119 cm³/mol. The van der Waals surface area contributed by atoms with Crippen molar-refractivity contribution in [2.75, 3.05) is 65.4 Å². The van der Waals surface area contributed by atoms with Crippen molar-refractivity contribution in [2.24, 2.45) is 0 Å². The molecule has 31 heavy (non-hydrogen) atoms. The fourth-order valence-corrected chi connectivity index (χ4v) is 3.55. The van der Waals surface area contributed by atoms with Crippen LogP contribution in [0.4, 0.5) is 5.69 Å². The maximum atomic E-state index is 12.4. The largest absolute Gasteiger partial charge is 0.495 e. The highest BCUT2D eigenvalue weighted by molar-refractivity contribution is 5.93. The van der Waals surface area contributed by atoms with Gasteiger partial charge in [0.05, 0.1) is 26.5 Å². The molecule has 3 rings (SSSR count). The third-order valence-electron chi connectivity index (χ3n) is 5.18. The van der Waals surface area contributed by atoms with Crippen LogP contribution in [0.25, 0.3) is 0 Å². The second-order valence-corrected chi connectivity index (χ2v) is 7.44. The molecule has 0 spiro atoms. The number of amides is 1. The summed E-state index contributed by atoms with van der Waals surface area (Å²) in [6, 6.07) is 14.8. The molecule has 8 nitrogen and oxygen atoms in total. The van der Waals surface area contributed by atoms with Crippen molar-refractivity contribution in [3.05, 3.63) is 48.5 Å². The van der Waals surface area contributed by atoms with Crippen LogP contribution in [0.2, 0.25) is 0 Å². The lowest BCUT2D eigenvalue weighted by Crippen LogP contribution is -2.50. The molecule has 8 heteroatoms. The van der Waals surface area contributed by atoms with Crippen LogP contribution in [-0.4, -0.2) is 87.0 Å². The Labute approximate surface area is 183 Å². The Morgan fingerprint density at radius 1 is 0.935 bits per heavy atom. The first kappa shape index (κ1) is 22.9. The zero-order chi connectivity index (χ0) is 22.1. The molecule has 1 saturated heterocycles. The van der Waals surface area contributed by atoms with Crippen molar-refractivity contribution < 1.29 is 24.1 Å². The molecule has 0 aliphatic carbocycles. The summed E-state index contributed by atoms with van der Waals surface area (Å²) >= 11 is 0. The van der Waals surface area contributed by atoms with Gasteiger partial charge in [0.25, 0.3) is 0 Å². The van der Waals surface area contributed by atoms with E-state index in [-0.39, 0.29) is 12.5 Å². The van der Waals surface area contributed by atoms with Gasteiger partial charge in [-0.05, 0) is 24.3 Å². The van der Waals surface area contributed by atoms with Crippen LogP contribution in [0.3, 0.4) is 0 Å². The lowest BCUT2D eigenvalue weighted by atomic mass is 10.2. The first-order valence-corrected chi connectivity index (χ1v) is 10.4. The number of hydrogen-bond donors (Lipinski definition) is 2. The van der Waals surface area contributed by atoms with Gasteiger partial charge in [0.1, 0.15) is 18.5 Å². The summed E-state index contributed by atoms with van der Waals surface area (Å²) < 4.78 is 16.2. The fourth-order valence-electron chi connectivity index (χ4n) is 3.55. The molecular formula is C23H31N3O5. The second-order valence-electron chi connectivity index (χ2n) is 7.44. The van der Waals surface area contributed by atoms with Crippen LogP contribution < -0.4 is 19.5 Å². The maximum Gasteiger partial charge on any atom is 0.238 e. The Bertz CT molecular complexity index is 839. The first-order chi connectivity index (χ1) is 15.1. The van der Waals surface area contributed by atoms with E-state index in [0.29, 0.717) is 36.0 Å². The number of nitrogens with one attached hydrogen (secondary N) is 1. The van der Waals surface area contributed by atoms with Gasteiger partial charge in [-0.15, -0.1) is 0 Å². The molecule has 1 aliphatic heterocycles. The molecular weight excluding hydrogens is 398 g/mol. The molecule has 0 saturated carbocycles. The molecule has 0 bridgehead atoms. The van der Waals surface area contributed by atoms with E-state index in [1.54, 1.807) is 14.2 Å². The van der Waals surface area contributed by atoms with Crippen LogP contribution in [0.1, 0.15) is 0 Å². The van der Waals surface area contributed by atoms with Crippen LogP contribution in [0.5, 0.6) is 17.2 Å². The lowest BCUT2D eigenvalue weighted by Gasteiger charge is -2.35. The van der Waals surface area contributed by atoms with Gasteiger partial charge in [-0.2, -0.15) is 0 Å². The highest BCUT2D eigenvalue weighted by Gasteiger charge is 2.21. The number of nitrogens with zero attached hydrogens (tertiary/aromatic N) is 2. The zero-order valence-corrected chi connectivity index (χ0v) is 18.1. The van der Waals surface area contributed by atoms with E-state index >= 15 is 0 Å². The number of piperazine rings is 1. The van der Waals surface area contributed by atoms with Crippen molar-refractivity contribution in [1.29, 1.82) is 0 Å². The summed E-state index contributed by atoms with van der Waals surface area (Å²) in [7, 11) is 3.18. The Kier molecular flexibility index (Phi) is 8.52. The summed E-state index contributed by atoms with van der Waals surface area (Å²) in [5.41, 5.74) is 0.673. The van der Waals surface area contributed by atoms with E-state index in [9.17, 15) is 9.90 Å². The molecule has 2 aromatic rings. The maximum absolute atomic E-state index is 12.4. The van der Waals surface area contributed by atoms with Crippen LogP contribution >= 0.6 is 0 Å². The van der Waals surface area contributed by atoms with Gasteiger partial charge < -0.3 is 24.6 Å². The number of para-hydroxylation sites is 4. The van der Waals surface area contributed by atoms with Gasteiger partial charge in [0.15, 0.2) is 11.5 Å². The van der Waals surface area contributed by atoms with Crippen LogP contribution in [-0.2, 0) is 4.79 Å². The molecule has 1 heterocycles. The highest BCUT2D eigenvalue weighted by atomic mass is 16.5. The van der Waals surface area contributed by atoms with Gasteiger partial charge in [-0.1, -0.05) is 24.3 Å². The van der Waals surface area contributed by atoms with Gasteiger partial charge >= 0.3 is 0 Å². The molecule has 1 fully saturated rings. The van der Waals surface area contributed by atoms with E-state index in [4.69, 9.17) is 14.2 Å². The summed E-state index contributed by atoms with van der Waals surface area (Å²) in [4.78, 5) is 16.7. The smallest absolute Gasteiger partial charge is 0.238 e. The minimum Gasteiger partial charge on any atom is -0.495 e. The molecule has 1 unspecified atom stereocenters. The van der Waals surface area contributed by atoms with Crippen molar-refractivity contribution in [3.63, 3.8) is 0 Å². The number of benzene rings is 2. The van der Waals surface area contributed by atoms with E-state index < -0.39 is 6.10 Å². The summed E-state index contributed by atoms with van der Waals surface area (Å²) in [6.07, 6.45) is -0.606. The molecule has 2 aromatic carbocycles. The topological polar surface area (TPSA) is 83.5 Å². The third-order valence-corrected chi connectivity index (χ3v) is 5.18. The zero-order valence-electron chi connectivity index (χ0n) is 18.1. The number of ether oxygens (including phenoxy) is 3. The fraction of sp³-hybridized carbons (Fsp3) is 0.435. The number of hydrogen-bond acceptors (Lipinski definition) is 7. The van der Waals surface area contributed by atoms with E-state index in [2.05, 4.69) is 15.1 Å². The van der Waals surface area contributed by atoms with Crippen molar-refractivity contribution in [3.8, 4) is 17.2 Å². The average Bonchev–Trinajstić information content (AvgIpc) is 2.79. The Morgan fingerprint density at radius 3 is 2.19 bits per heavy atom. The Hall–Kier alpha value is -2.81. The number of carbonyl (C=O) groups excluding carboxylic acids is 1. The predicted octanol–water partition coefficient (Wildman–Crippen LogP) is 1.70. The van der Waals surface area contributed by atoms with E-state index in [1.165, 1.54) is 0 Å². The number of β-amino-alcohol motifs (C(OH)–C–C–N with tert-alkyl or cyclic N) is 1. The number of methoxy groups -OCH3 is 2. The van der Waals surface area contributed by atoms with Crippen molar-refractivity contribution >= 4 is 11.6 Å². The van der Waals surface area contributed by atoms with Crippen molar-refractivity contribution in [1.82, 2.24) is 9.80 Å². The summed E-state index contributed by atoms with van der Waals surface area (Å²) in [5, 5.41) is 13.3. The van der Waals surface area contributed by atoms with Gasteiger partial charge in [-0.25, -0.2) is 0 Å². The minimum atomic E-state index is -0.606. The summed E-state index contributed by atoms with van der Waals surface area (Å²) in [5.74, 6) is 1.85. The average molecular weight is 430 g/mol. The molecule has 2 N–H and O–H groups in total. The lowest BCUT2D eigenvalue weighted by molar-refractivity contribution is -0.117. The molecule has 0 radical (unpaired) electrons. The molecule has 1 aliphatic rings. The van der Waals surface area contributed by atoms with Crippen LogP contribution in [0, 0.1) is 0 Å². The third kappa shape index (κ3) is 6.85. The number of aliphatic hydroxyl groups is 1. The van der Waals surface area contributed by atoms with E-state index in [1.807, 2.05) is 48.5 Å². The SMILES string of the molecule is COc1ccccc1NC(=O)CN1CCN(CC(O)COc2ccccc2OC)CC1. The standard InChI is InChI=1S/C23H31N3O5/c1-29-20-8-4-3-7-19(20)24-23(28)16-26-13-11-25(12-14-26)15-18(27)17-31-22-10-6-5-9-21(22)30-2/h3-10,18,27H,11-17H2,1-2H3,(H,24,28). The van der Waals surface area contributed by atoms with Gasteiger partial charge in [0.2, 0.25) is 5.91 Å². The molecule has 0 aromatic heterocycles. The van der Waals surface area contributed by atoms with Crippen LogP contribution in [0.15, 0.2) is 48.5 Å². The minimum absolute atomic E-state index is 0.0665. The quantitative estimate of drug-likeness (QED) is 0.595. The second kappa shape index (κ2) is 11.5. The number of aliphatic hydroxyl groups excluding tert-OH is 1. The first-order valence-electron chi connectivity index (χ1n) is 10.4. The molecule has 1 atom stereocenters. The number of carbonyl (C=O) groups is 1. The van der Waals surface area contributed by atoms with E-state index in [0.717, 1.165) is 26.2 Å².